The molecule has 0 saturated carbocycles. The van der Waals surface area contributed by atoms with Crippen molar-refractivity contribution >= 4 is 28.3 Å². The van der Waals surface area contributed by atoms with Crippen LogP contribution < -0.4 is 15.4 Å². The highest BCUT2D eigenvalue weighted by molar-refractivity contribution is 7.89. The number of hydrogen-bond acceptors (Lipinski definition) is 4. The molecular formula is C14H20ClN3O3S. The number of amides is 1. The summed E-state index contributed by atoms with van der Waals surface area (Å²) >= 11 is 0. The molecule has 0 spiro atoms. The van der Waals surface area contributed by atoms with E-state index in [0.29, 0.717) is 18.0 Å². The van der Waals surface area contributed by atoms with Crippen LogP contribution in [0, 0.1) is 5.92 Å². The molecule has 0 aromatic heterocycles. The number of sulfonamides is 1. The lowest BCUT2D eigenvalue weighted by molar-refractivity contribution is 0.0942. The highest BCUT2D eigenvalue weighted by atomic mass is 35.5. The van der Waals surface area contributed by atoms with Crippen molar-refractivity contribution in [2.24, 2.45) is 5.92 Å². The van der Waals surface area contributed by atoms with E-state index in [0.717, 1.165) is 13.1 Å². The van der Waals surface area contributed by atoms with Crippen LogP contribution in [0.1, 0.15) is 10.4 Å². The van der Waals surface area contributed by atoms with Gasteiger partial charge in [0.05, 0.1) is 4.90 Å². The van der Waals surface area contributed by atoms with Crippen molar-refractivity contribution in [3.05, 3.63) is 42.5 Å². The molecule has 3 N–H and O–H groups in total. The van der Waals surface area contributed by atoms with Crippen molar-refractivity contribution in [1.82, 2.24) is 15.4 Å². The fourth-order valence-electron chi connectivity index (χ4n) is 1.87. The third-order valence-corrected chi connectivity index (χ3v) is 4.70. The van der Waals surface area contributed by atoms with E-state index in [9.17, 15) is 13.2 Å². The highest BCUT2D eigenvalue weighted by Gasteiger charge is 2.18. The normalized spacial score (nSPS) is 14.5. The average Bonchev–Trinajstić information content (AvgIpc) is 2.43. The molecule has 2 rings (SSSR count). The molecule has 122 valence electrons. The molecule has 1 aromatic carbocycles. The number of hydrogen-bond donors (Lipinski definition) is 3. The second-order valence-corrected chi connectivity index (χ2v) is 6.67. The van der Waals surface area contributed by atoms with Gasteiger partial charge in [-0.15, -0.1) is 19.0 Å². The minimum atomic E-state index is -3.55. The van der Waals surface area contributed by atoms with Crippen LogP contribution >= 0.6 is 12.4 Å². The molecule has 1 aliphatic heterocycles. The van der Waals surface area contributed by atoms with Crippen molar-refractivity contribution in [2.45, 2.75) is 4.90 Å². The van der Waals surface area contributed by atoms with Gasteiger partial charge in [-0.05, 0) is 24.3 Å². The SMILES string of the molecule is C=CCNS(=O)(=O)c1ccc(C(=O)NCC2CNC2)cc1.Cl. The van der Waals surface area contributed by atoms with Crippen LogP contribution in [-0.2, 0) is 10.0 Å². The number of carbonyl (C=O) groups excluding carboxylic acids is 1. The maximum atomic E-state index is 11.9. The zero-order chi connectivity index (χ0) is 15.3. The summed E-state index contributed by atoms with van der Waals surface area (Å²) in [5.74, 6) is 0.293. The van der Waals surface area contributed by atoms with Gasteiger partial charge in [0.15, 0.2) is 0 Å². The quantitative estimate of drug-likeness (QED) is 0.629. The van der Waals surface area contributed by atoms with Crippen LogP contribution in [0.25, 0.3) is 0 Å². The van der Waals surface area contributed by atoms with Crippen molar-refractivity contribution in [3.63, 3.8) is 0 Å². The Kier molecular flexibility index (Phi) is 7.02. The van der Waals surface area contributed by atoms with Crippen molar-refractivity contribution in [1.29, 1.82) is 0 Å². The van der Waals surface area contributed by atoms with E-state index in [1.54, 1.807) is 0 Å². The molecule has 0 unspecified atom stereocenters. The first-order valence-corrected chi connectivity index (χ1v) is 8.21. The summed E-state index contributed by atoms with van der Waals surface area (Å²) in [4.78, 5) is 12.0. The van der Waals surface area contributed by atoms with Gasteiger partial charge >= 0.3 is 0 Å². The minimum Gasteiger partial charge on any atom is -0.352 e. The molecule has 1 fully saturated rings. The van der Waals surface area contributed by atoms with Crippen LogP contribution in [0.4, 0.5) is 0 Å². The maximum Gasteiger partial charge on any atom is 0.251 e. The summed E-state index contributed by atoms with van der Waals surface area (Å²) in [6, 6.07) is 5.87. The summed E-state index contributed by atoms with van der Waals surface area (Å²) < 4.78 is 26.1. The summed E-state index contributed by atoms with van der Waals surface area (Å²) in [7, 11) is -3.55. The number of rotatable bonds is 7. The predicted octanol–water partition coefficient (Wildman–Crippen LogP) is 0.522. The third-order valence-electron chi connectivity index (χ3n) is 3.26. The van der Waals surface area contributed by atoms with Gasteiger partial charge in [-0.1, -0.05) is 6.08 Å². The third kappa shape index (κ3) is 4.81. The van der Waals surface area contributed by atoms with Crippen LogP contribution in [-0.4, -0.2) is 40.5 Å². The molecule has 1 aliphatic rings. The number of carbonyl (C=O) groups is 1. The van der Waals surface area contributed by atoms with E-state index in [1.807, 2.05) is 0 Å². The Morgan fingerprint density at radius 3 is 2.45 bits per heavy atom. The van der Waals surface area contributed by atoms with Crippen molar-refractivity contribution in [3.8, 4) is 0 Å². The van der Waals surface area contributed by atoms with Gasteiger partial charge in [-0.3, -0.25) is 4.79 Å². The fourth-order valence-corrected chi connectivity index (χ4v) is 2.87. The molecule has 8 heteroatoms. The predicted molar refractivity (Wildman–Crippen MR) is 87.8 cm³/mol. The van der Waals surface area contributed by atoms with Gasteiger partial charge in [-0.25, -0.2) is 13.1 Å². The van der Waals surface area contributed by atoms with Crippen molar-refractivity contribution < 1.29 is 13.2 Å². The largest absolute Gasteiger partial charge is 0.352 e. The van der Waals surface area contributed by atoms with Gasteiger partial charge in [0.25, 0.3) is 5.91 Å². The Labute approximate surface area is 136 Å². The molecule has 1 aromatic rings. The summed E-state index contributed by atoms with van der Waals surface area (Å²) in [6.07, 6.45) is 1.47. The number of nitrogens with one attached hydrogen (secondary N) is 3. The summed E-state index contributed by atoms with van der Waals surface area (Å²) in [5.41, 5.74) is 0.449. The van der Waals surface area contributed by atoms with E-state index in [-0.39, 0.29) is 29.8 Å². The summed E-state index contributed by atoms with van der Waals surface area (Å²) in [5, 5.41) is 5.97. The molecule has 1 amide bonds. The maximum absolute atomic E-state index is 11.9. The summed E-state index contributed by atoms with van der Waals surface area (Å²) in [6.45, 7) is 6.10. The minimum absolute atomic E-state index is 0. The van der Waals surface area contributed by atoms with E-state index >= 15 is 0 Å². The first-order chi connectivity index (χ1) is 10.0. The molecule has 6 nitrogen and oxygen atoms in total. The van der Waals surface area contributed by atoms with E-state index in [4.69, 9.17) is 0 Å². The second kappa shape index (κ2) is 8.28. The zero-order valence-corrected chi connectivity index (χ0v) is 13.7. The van der Waals surface area contributed by atoms with Crippen LogP contribution in [0.15, 0.2) is 41.8 Å². The van der Waals surface area contributed by atoms with Gasteiger partial charge < -0.3 is 10.6 Å². The molecule has 0 atom stereocenters. The monoisotopic (exact) mass is 345 g/mol. The van der Waals surface area contributed by atoms with E-state index in [2.05, 4.69) is 21.9 Å². The first-order valence-electron chi connectivity index (χ1n) is 6.72. The van der Waals surface area contributed by atoms with Crippen molar-refractivity contribution in [2.75, 3.05) is 26.2 Å². The molecule has 1 heterocycles. The Bertz CT molecular complexity index is 613. The Hall–Kier alpha value is -1.41. The highest BCUT2D eigenvalue weighted by Crippen LogP contribution is 2.10. The van der Waals surface area contributed by atoms with Crippen LogP contribution in [0.5, 0.6) is 0 Å². The second-order valence-electron chi connectivity index (χ2n) is 4.90. The Morgan fingerprint density at radius 1 is 1.32 bits per heavy atom. The number of benzene rings is 1. The van der Waals surface area contributed by atoms with Crippen LogP contribution in [0.3, 0.4) is 0 Å². The standard InChI is InChI=1S/C14H19N3O3S.ClH/c1-2-7-17-21(19,20)13-5-3-12(4-6-13)14(18)16-10-11-8-15-9-11;/h2-6,11,15,17H,1,7-10H2,(H,16,18);1H. The van der Waals surface area contributed by atoms with Gasteiger partial charge in [0.2, 0.25) is 10.0 Å². The lowest BCUT2D eigenvalue weighted by Crippen LogP contribution is -2.48. The molecule has 22 heavy (non-hydrogen) atoms. The fraction of sp³-hybridized carbons (Fsp3) is 0.357. The number of halogens is 1. The lowest BCUT2D eigenvalue weighted by Gasteiger charge is -2.27. The molecule has 0 radical (unpaired) electrons. The topological polar surface area (TPSA) is 87.3 Å². The van der Waals surface area contributed by atoms with Gasteiger partial charge in [0, 0.05) is 37.7 Å². The average molecular weight is 346 g/mol. The molecule has 0 aliphatic carbocycles. The zero-order valence-electron chi connectivity index (χ0n) is 12.0. The molecule has 1 saturated heterocycles. The van der Waals surface area contributed by atoms with Gasteiger partial charge in [-0.2, -0.15) is 0 Å². The molecule has 0 bridgehead atoms. The van der Waals surface area contributed by atoms with Gasteiger partial charge in [0.1, 0.15) is 0 Å². The van der Waals surface area contributed by atoms with Crippen LogP contribution in [0.2, 0.25) is 0 Å². The molecular weight excluding hydrogens is 326 g/mol. The lowest BCUT2D eigenvalue weighted by atomic mass is 10.0. The van der Waals surface area contributed by atoms with E-state index < -0.39 is 10.0 Å². The van der Waals surface area contributed by atoms with E-state index in [1.165, 1.54) is 30.3 Å². The Morgan fingerprint density at radius 2 is 1.95 bits per heavy atom. The smallest absolute Gasteiger partial charge is 0.251 e. The Balaban J connectivity index is 0.00000242. The first kappa shape index (κ1) is 18.6.